The first-order valence-corrected chi connectivity index (χ1v) is 8.95. The molecule has 0 aliphatic carbocycles. The number of hydrogen-bond acceptors (Lipinski definition) is 3. The van der Waals surface area contributed by atoms with Crippen molar-refractivity contribution in [1.82, 2.24) is 19.6 Å². The molecule has 1 unspecified atom stereocenters. The van der Waals surface area contributed by atoms with Crippen LogP contribution in [-0.2, 0) is 11.3 Å². The van der Waals surface area contributed by atoms with E-state index >= 15 is 0 Å². The lowest BCUT2D eigenvalue weighted by molar-refractivity contribution is -0.119. The first-order valence-electron chi connectivity index (χ1n) is 8.15. The van der Waals surface area contributed by atoms with E-state index in [1.54, 1.807) is 17.1 Å². The minimum absolute atomic E-state index is 0.123. The predicted octanol–water partition coefficient (Wildman–Crippen LogP) is 3.79. The lowest BCUT2D eigenvalue weighted by Gasteiger charge is -2.14. The molecule has 1 atom stereocenters. The zero-order chi connectivity index (χ0) is 17.8. The SMILES string of the molecule is CCC(C(=O)Nc1cc(C)n(Cc2ccccc2)n1)n1cc(Br)cn1. The number of anilines is 1. The van der Waals surface area contributed by atoms with Crippen LogP contribution in [0.3, 0.4) is 0 Å². The van der Waals surface area contributed by atoms with Gasteiger partial charge in [-0.05, 0) is 34.8 Å². The number of carbonyl (C=O) groups excluding carboxylic acids is 1. The van der Waals surface area contributed by atoms with Gasteiger partial charge in [0.2, 0.25) is 5.91 Å². The van der Waals surface area contributed by atoms with Crippen molar-refractivity contribution < 1.29 is 4.79 Å². The molecule has 3 rings (SSSR count). The lowest BCUT2D eigenvalue weighted by Crippen LogP contribution is -2.26. The number of amides is 1. The van der Waals surface area contributed by atoms with Gasteiger partial charge < -0.3 is 5.32 Å². The molecule has 130 valence electrons. The Morgan fingerprint density at radius 1 is 1.32 bits per heavy atom. The molecule has 0 fully saturated rings. The third-order valence-electron chi connectivity index (χ3n) is 3.99. The highest BCUT2D eigenvalue weighted by Gasteiger charge is 2.20. The van der Waals surface area contributed by atoms with Crippen LogP contribution in [0.25, 0.3) is 0 Å². The minimum Gasteiger partial charge on any atom is -0.307 e. The van der Waals surface area contributed by atoms with Crippen LogP contribution in [0, 0.1) is 6.92 Å². The Bertz CT molecular complexity index is 855. The van der Waals surface area contributed by atoms with Crippen LogP contribution in [-0.4, -0.2) is 25.5 Å². The Balaban J connectivity index is 1.72. The Morgan fingerprint density at radius 2 is 2.08 bits per heavy atom. The number of nitrogens with one attached hydrogen (secondary N) is 1. The molecule has 1 aromatic carbocycles. The van der Waals surface area contributed by atoms with Gasteiger partial charge in [0.15, 0.2) is 5.82 Å². The van der Waals surface area contributed by atoms with Crippen molar-refractivity contribution in [1.29, 1.82) is 0 Å². The van der Waals surface area contributed by atoms with Gasteiger partial charge in [0.1, 0.15) is 6.04 Å². The quantitative estimate of drug-likeness (QED) is 0.683. The second kappa shape index (κ2) is 7.65. The maximum absolute atomic E-state index is 12.6. The summed E-state index contributed by atoms with van der Waals surface area (Å²) in [5.74, 6) is 0.436. The van der Waals surface area contributed by atoms with Crippen LogP contribution < -0.4 is 5.32 Å². The fraction of sp³-hybridized carbons (Fsp3) is 0.278. The average molecular weight is 402 g/mol. The van der Waals surface area contributed by atoms with Gasteiger partial charge in [0.25, 0.3) is 0 Å². The molecule has 2 heterocycles. The van der Waals surface area contributed by atoms with E-state index in [0.717, 1.165) is 10.2 Å². The first kappa shape index (κ1) is 17.4. The van der Waals surface area contributed by atoms with Crippen LogP contribution >= 0.6 is 15.9 Å². The molecule has 0 saturated carbocycles. The summed E-state index contributed by atoms with van der Waals surface area (Å²) < 4.78 is 4.39. The number of nitrogens with zero attached hydrogens (tertiary/aromatic N) is 4. The fourth-order valence-corrected chi connectivity index (χ4v) is 2.98. The van der Waals surface area contributed by atoms with E-state index in [1.165, 1.54) is 5.56 Å². The van der Waals surface area contributed by atoms with Crippen molar-refractivity contribution in [2.24, 2.45) is 0 Å². The number of halogens is 1. The largest absolute Gasteiger partial charge is 0.307 e. The van der Waals surface area contributed by atoms with E-state index in [0.29, 0.717) is 18.8 Å². The number of aryl methyl sites for hydroxylation is 1. The molecule has 0 bridgehead atoms. The molecule has 0 spiro atoms. The third-order valence-corrected chi connectivity index (χ3v) is 4.40. The summed E-state index contributed by atoms with van der Waals surface area (Å²) in [6.07, 6.45) is 4.12. The van der Waals surface area contributed by atoms with Crippen molar-refractivity contribution >= 4 is 27.7 Å². The molecule has 2 aromatic heterocycles. The highest BCUT2D eigenvalue weighted by molar-refractivity contribution is 9.10. The Morgan fingerprint density at radius 3 is 2.72 bits per heavy atom. The topological polar surface area (TPSA) is 64.7 Å². The molecule has 7 heteroatoms. The van der Waals surface area contributed by atoms with Gasteiger partial charge in [-0.25, -0.2) is 0 Å². The monoisotopic (exact) mass is 401 g/mol. The number of hydrogen-bond donors (Lipinski definition) is 1. The van der Waals surface area contributed by atoms with Gasteiger partial charge in [0, 0.05) is 18.0 Å². The number of aromatic nitrogens is 4. The highest BCUT2D eigenvalue weighted by Crippen LogP contribution is 2.18. The maximum Gasteiger partial charge on any atom is 0.250 e. The second-order valence-electron chi connectivity index (χ2n) is 5.87. The highest BCUT2D eigenvalue weighted by atomic mass is 79.9. The normalized spacial score (nSPS) is 12.1. The fourth-order valence-electron chi connectivity index (χ4n) is 2.68. The van der Waals surface area contributed by atoms with E-state index in [4.69, 9.17) is 0 Å². The summed E-state index contributed by atoms with van der Waals surface area (Å²) in [6, 6.07) is 11.6. The molecule has 0 aliphatic heterocycles. The maximum atomic E-state index is 12.6. The summed E-state index contributed by atoms with van der Waals surface area (Å²) in [7, 11) is 0. The van der Waals surface area contributed by atoms with Gasteiger partial charge in [0.05, 0.1) is 17.2 Å². The molecular formula is C18H20BrN5O. The molecular weight excluding hydrogens is 382 g/mol. The van der Waals surface area contributed by atoms with E-state index in [2.05, 4.69) is 43.6 Å². The summed E-state index contributed by atoms with van der Waals surface area (Å²) in [5.41, 5.74) is 2.16. The van der Waals surface area contributed by atoms with Gasteiger partial charge >= 0.3 is 0 Å². The first-order chi connectivity index (χ1) is 12.1. The van der Waals surface area contributed by atoms with Gasteiger partial charge in [-0.2, -0.15) is 10.2 Å². The van der Waals surface area contributed by atoms with Crippen molar-refractivity contribution in [3.05, 3.63) is 64.5 Å². The Kier molecular flexibility index (Phi) is 5.33. The summed E-state index contributed by atoms with van der Waals surface area (Å²) in [5, 5.41) is 11.6. The lowest BCUT2D eigenvalue weighted by atomic mass is 10.2. The Hall–Kier alpha value is -2.41. The number of rotatable bonds is 6. The third kappa shape index (κ3) is 4.17. The van der Waals surface area contributed by atoms with Crippen molar-refractivity contribution in [3.63, 3.8) is 0 Å². The predicted molar refractivity (Wildman–Crippen MR) is 100 cm³/mol. The molecule has 3 aromatic rings. The molecule has 1 amide bonds. The summed E-state index contributed by atoms with van der Waals surface area (Å²) >= 11 is 3.36. The smallest absolute Gasteiger partial charge is 0.250 e. The van der Waals surface area contributed by atoms with Crippen LogP contribution in [0.5, 0.6) is 0 Å². The van der Waals surface area contributed by atoms with Crippen LogP contribution in [0.15, 0.2) is 53.3 Å². The van der Waals surface area contributed by atoms with Crippen molar-refractivity contribution in [2.45, 2.75) is 32.9 Å². The molecule has 0 saturated heterocycles. The Labute approximate surface area is 155 Å². The van der Waals surface area contributed by atoms with E-state index < -0.39 is 0 Å². The zero-order valence-corrected chi connectivity index (χ0v) is 15.8. The van der Waals surface area contributed by atoms with Crippen LogP contribution in [0.2, 0.25) is 0 Å². The molecule has 0 aliphatic rings. The second-order valence-corrected chi connectivity index (χ2v) is 6.78. The molecule has 0 radical (unpaired) electrons. The van der Waals surface area contributed by atoms with Gasteiger partial charge in [-0.1, -0.05) is 37.3 Å². The minimum atomic E-state index is -0.370. The van der Waals surface area contributed by atoms with Crippen LogP contribution in [0.4, 0.5) is 5.82 Å². The summed E-state index contributed by atoms with van der Waals surface area (Å²) in [4.78, 5) is 12.6. The van der Waals surface area contributed by atoms with E-state index in [1.807, 2.05) is 42.8 Å². The molecule has 25 heavy (non-hydrogen) atoms. The van der Waals surface area contributed by atoms with Crippen LogP contribution in [0.1, 0.15) is 30.6 Å². The van der Waals surface area contributed by atoms with E-state index in [9.17, 15) is 4.79 Å². The van der Waals surface area contributed by atoms with Crippen molar-refractivity contribution in [2.75, 3.05) is 5.32 Å². The van der Waals surface area contributed by atoms with Gasteiger partial charge in [-0.3, -0.25) is 14.2 Å². The number of carbonyl (C=O) groups is 1. The van der Waals surface area contributed by atoms with E-state index in [-0.39, 0.29) is 11.9 Å². The molecule has 1 N–H and O–H groups in total. The standard InChI is InChI=1S/C18H20BrN5O/c1-3-16(24-12-15(19)10-20-24)18(25)21-17-9-13(2)23(22-17)11-14-7-5-4-6-8-14/h4-10,12,16H,3,11H2,1-2H3,(H,21,22,25). The zero-order valence-electron chi connectivity index (χ0n) is 14.2. The average Bonchev–Trinajstić information content (AvgIpc) is 3.15. The van der Waals surface area contributed by atoms with Gasteiger partial charge in [-0.15, -0.1) is 0 Å². The number of benzene rings is 1. The van der Waals surface area contributed by atoms with Crippen molar-refractivity contribution in [3.8, 4) is 0 Å². The summed E-state index contributed by atoms with van der Waals surface area (Å²) in [6.45, 7) is 4.61. The molecule has 6 nitrogen and oxygen atoms in total.